The lowest BCUT2D eigenvalue weighted by atomic mass is 9.87. The Kier molecular flexibility index (Phi) is 5.96. The fourth-order valence-corrected chi connectivity index (χ4v) is 4.25. The molecule has 2 N–H and O–H groups in total. The molecule has 28 heavy (non-hydrogen) atoms. The second-order valence-electron chi connectivity index (χ2n) is 7.50. The summed E-state index contributed by atoms with van der Waals surface area (Å²) in [7, 11) is 0. The second kappa shape index (κ2) is 8.24. The number of hydrogen-bond acceptors (Lipinski definition) is 5. The molecule has 0 fully saturated rings. The summed E-state index contributed by atoms with van der Waals surface area (Å²) in [6.07, 6.45) is 0. The Morgan fingerprint density at radius 2 is 1.79 bits per heavy atom. The third-order valence-corrected chi connectivity index (χ3v) is 6.03. The molecule has 0 radical (unpaired) electrons. The van der Waals surface area contributed by atoms with Crippen molar-refractivity contribution < 1.29 is 9.59 Å². The van der Waals surface area contributed by atoms with Crippen molar-refractivity contribution in [2.45, 2.75) is 39.7 Å². The molecule has 0 aliphatic carbocycles. The molecule has 2 heterocycles. The van der Waals surface area contributed by atoms with Crippen molar-refractivity contribution in [3.8, 4) is 10.6 Å². The highest BCUT2D eigenvalue weighted by atomic mass is 32.1. The van der Waals surface area contributed by atoms with Crippen molar-refractivity contribution in [3.63, 3.8) is 0 Å². The molecular formula is C21H23N3O2S2. The van der Waals surface area contributed by atoms with Gasteiger partial charge in [-0.1, -0.05) is 32.9 Å². The second-order valence-corrected chi connectivity index (χ2v) is 9.52. The highest BCUT2D eigenvalue weighted by molar-refractivity contribution is 7.17. The van der Waals surface area contributed by atoms with Crippen LogP contribution in [-0.2, 0) is 16.8 Å². The van der Waals surface area contributed by atoms with Gasteiger partial charge in [0.15, 0.2) is 5.13 Å². The SMILES string of the molecule is CC(=O)NCc1ccc(-c2csc(NC(=O)c3ccc(C(C)(C)C)cc3)n2)s1. The first-order valence-electron chi connectivity index (χ1n) is 8.93. The average Bonchev–Trinajstić information content (AvgIpc) is 3.28. The van der Waals surface area contributed by atoms with Gasteiger partial charge >= 0.3 is 0 Å². The van der Waals surface area contributed by atoms with E-state index in [1.807, 2.05) is 41.8 Å². The number of thiophene rings is 1. The number of hydrogen-bond donors (Lipinski definition) is 2. The molecule has 0 saturated carbocycles. The molecule has 0 aliphatic rings. The van der Waals surface area contributed by atoms with Gasteiger partial charge in [0.05, 0.1) is 17.1 Å². The van der Waals surface area contributed by atoms with Crippen LogP contribution < -0.4 is 10.6 Å². The van der Waals surface area contributed by atoms with Crippen LogP contribution in [0.3, 0.4) is 0 Å². The van der Waals surface area contributed by atoms with Gasteiger partial charge in [-0.15, -0.1) is 22.7 Å². The van der Waals surface area contributed by atoms with Crippen LogP contribution in [-0.4, -0.2) is 16.8 Å². The highest BCUT2D eigenvalue weighted by Crippen LogP contribution is 2.31. The van der Waals surface area contributed by atoms with Gasteiger partial charge in [-0.3, -0.25) is 14.9 Å². The number of amides is 2. The molecule has 2 aromatic heterocycles. The lowest BCUT2D eigenvalue weighted by molar-refractivity contribution is -0.119. The molecule has 0 unspecified atom stereocenters. The highest BCUT2D eigenvalue weighted by Gasteiger charge is 2.15. The first-order valence-corrected chi connectivity index (χ1v) is 10.6. The molecule has 5 nitrogen and oxygen atoms in total. The van der Waals surface area contributed by atoms with E-state index in [0.717, 1.165) is 15.4 Å². The summed E-state index contributed by atoms with van der Waals surface area (Å²) in [5, 5.41) is 8.14. The van der Waals surface area contributed by atoms with Crippen molar-refractivity contribution in [1.82, 2.24) is 10.3 Å². The molecule has 0 spiro atoms. The van der Waals surface area contributed by atoms with E-state index in [1.54, 1.807) is 11.3 Å². The zero-order valence-electron chi connectivity index (χ0n) is 16.3. The first-order chi connectivity index (χ1) is 13.2. The van der Waals surface area contributed by atoms with Gasteiger partial charge in [0.2, 0.25) is 5.91 Å². The van der Waals surface area contributed by atoms with E-state index in [0.29, 0.717) is 17.2 Å². The van der Waals surface area contributed by atoms with E-state index < -0.39 is 0 Å². The average molecular weight is 414 g/mol. The smallest absolute Gasteiger partial charge is 0.257 e. The summed E-state index contributed by atoms with van der Waals surface area (Å²) in [5.41, 5.74) is 2.67. The van der Waals surface area contributed by atoms with Crippen molar-refractivity contribution in [1.29, 1.82) is 0 Å². The fourth-order valence-electron chi connectivity index (χ4n) is 2.56. The van der Waals surface area contributed by atoms with Crippen LogP contribution in [0.2, 0.25) is 0 Å². The Morgan fingerprint density at radius 1 is 1.07 bits per heavy atom. The van der Waals surface area contributed by atoms with Crippen LogP contribution in [0.15, 0.2) is 41.8 Å². The van der Waals surface area contributed by atoms with Crippen molar-refractivity contribution in [2.24, 2.45) is 0 Å². The molecule has 0 aliphatic heterocycles. The van der Waals surface area contributed by atoms with E-state index in [4.69, 9.17) is 0 Å². The topological polar surface area (TPSA) is 71.1 Å². The minimum atomic E-state index is -0.168. The molecule has 3 aromatic rings. The number of anilines is 1. The molecule has 0 bridgehead atoms. The van der Waals surface area contributed by atoms with Crippen LogP contribution in [0.25, 0.3) is 10.6 Å². The summed E-state index contributed by atoms with van der Waals surface area (Å²) in [6.45, 7) is 8.45. The standard InChI is InChI=1S/C21H23N3O2S2/c1-13(25)22-11-16-9-10-18(28-16)17-12-27-20(23-17)24-19(26)14-5-7-15(8-6-14)21(2,3)4/h5-10,12H,11H2,1-4H3,(H,22,25)(H,23,24,26). The maximum Gasteiger partial charge on any atom is 0.257 e. The lowest BCUT2D eigenvalue weighted by Gasteiger charge is -2.18. The van der Waals surface area contributed by atoms with Crippen molar-refractivity contribution in [3.05, 3.63) is 57.8 Å². The molecule has 0 saturated heterocycles. The minimum absolute atomic E-state index is 0.0517. The largest absolute Gasteiger partial charge is 0.351 e. The Morgan fingerprint density at radius 3 is 2.43 bits per heavy atom. The predicted octanol–water partition coefficient (Wildman–Crippen LogP) is 5.06. The maximum atomic E-state index is 12.5. The first kappa shape index (κ1) is 20.2. The van der Waals surface area contributed by atoms with Gasteiger partial charge in [-0.2, -0.15) is 0 Å². The van der Waals surface area contributed by atoms with Gasteiger partial charge in [0.1, 0.15) is 0 Å². The number of thiazole rings is 1. The zero-order valence-corrected chi connectivity index (χ0v) is 18.0. The fraction of sp³-hybridized carbons (Fsp3) is 0.286. The quantitative estimate of drug-likeness (QED) is 0.614. The van der Waals surface area contributed by atoms with Crippen LogP contribution in [0, 0.1) is 0 Å². The number of nitrogens with zero attached hydrogens (tertiary/aromatic N) is 1. The van der Waals surface area contributed by atoms with E-state index in [1.165, 1.54) is 23.8 Å². The van der Waals surface area contributed by atoms with Gasteiger partial charge in [-0.25, -0.2) is 4.98 Å². The Bertz CT molecular complexity index is 982. The number of benzene rings is 1. The molecule has 2 amide bonds. The zero-order chi connectivity index (χ0) is 20.3. The van der Waals surface area contributed by atoms with Crippen LogP contribution in [0.4, 0.5) is 5.13 Å². The Hall–Kier alpha value is -2.51. The maximum absolute atomic E-state index is 12.5. The molecule has 3 rings (SSSR count). The minimum Gasteiger partial charge on any atom is -0.351 e. The van der Waals surface area contributed by atoms with E-state index in [2.05, 4.69) is 36.4 Å². The Balaban J connectivity index is 1.66. The van der Waals surface area contributed by atoms with Crippen molar-refractivity contribution in [2.75, 3.05) is 5.32 Å². The number of aromatic nitrogens is 1. The summed E-state index contributed by atoms with van der Waals surface area (Å²) >= 11 is 2.97. The van der Waals surface area contributed by atoms with E-state index >= 15 is 0 Å². The van der Waals surface area contributed by atoms with Crippen LogP contribution >= 0.6 is 22.7 Å². The third-order valence-electron chi connectivity index (χ3n) is 4.16. The van der Waals surface area contributed by atoms with Gasteiger partial charge in [-0.05, 0) is 35.2 Å². The number of rotatable bonds is 5. The van der Waals surface area contributed by atoms with Gasteiger partial charge in [0, 0.05) is 22.7 Å². The molecule has 7 heteroatoms. The van der Waals surface area contributed by atoms with Crippen molar-refractivity contribution >= 4 is 39.6 Å². The van der Waals surface area contributed by atoms with Gasteiger partial charge < -0.3 is 5.32 Å². The molecule has 0 atom stereocenters. The Labute approximate surface area is 172 Å². The number of carbonyl (C=O) groups is 2. The van der Waals surface area contributed by atoms with Crippen LogP contribution in [0.5, 0.6) is 0 Å². The predicted molar refractivity (Wildman–Crippen MR) is 116 cm³/mol. The summed E-state index contributed by atoms with van der Waals surface area (Å²) in [5.74, 6) is -0.219. The lowest BCUT2D eigenvalue weighted by Crippen LogP contribution is -2.17. The summed E-state index contributed by atoms with van der Waals surface area (Å²) in [6, 6.07) is 11.6. The number of nitrogens with one attached hydrogen (secondary N) is 2. The molecule has 146 valence electrons. The third kappa shape index (κ3) is 5.05. The van der Waals surface area contributed by atoms with E-state index in [9.17, 15) is 9.59 Å². The van der Waals surface area contributed by atoms with Crippen LogP contribution in [0.1, 0.15) is 48.5 Å². The van der Waals surface area contributed by atoms with E-state index in [-0.39, 0.29) is 17.2 Å². The summed E-state index contributed by atoms with van der Waals surface area (Å²) in [4.78, 5) is 30.1. The normalized spacial score (nSPS) is 11.3. The summed E-state index contributed by atoms with van der Waals surface area (Å²) < 4.78 is 0. The monoisotopic (exact) mass is 413 g/mol. The molecular weight excluding hydrogens is 390 g/mol. The number of carbonyl (C=O) groups excluding carboxylic acids is 2. The molecule has 1 aromatic carbocycles. The van der Waals surface area contributed by atoms with Gasteiger partial charge in [0.25, 0.3) is 5.91 Å².